The van der Waals surface area contributed by atoms with Crippen LogP contribution in [-0.2, 0) is 17.8 Å². The summed E-state index contributed by atoms with van der Waals surface area (Å²) in [7, 11) is 0. The summed E-state index contributed by atoms with van der Waals surface area (Å²) in [5.74, 6) is 0.155. The zero-order valence-corrected chi connectivity index (χ0v) is 10.6. The molecule has 0 saturated heterocycles. The summed E-state index contributed by atoms with van der Waals surface area (Å²) in [4.78, 5) is 18.1. The Kier molecular flexibility index (Phi) is 2.76. The van der Waals surface area contributed by atoms with Crippen LogP contribution in [0.1, 0.15) is 17.0 Å². The predicted octanol–water partition coefficient (Wildman–Crippen LogP) is 2.20. The van der Waals surface area contributed by atoms with Gasteiger partial charge in [-0.05, 0) is 30.2 Å². The third-order valence-corrected chi connectivity index (χ3v) is 3.84. The highest BCUT2D eigenvalue weighted by Crippen LogP contribution is 2.30. The number of nitrogens with zero attached hydrogens (tertiary/aromatic N) is 2. The number of fused-ring (bicyclic) bond motifs is 1. The second kappa shape index (κ2) is 4.42. The summed E-state index contributed by atoms with van der Waals surface area (Å²) < 4.78 is 0. The zero-order chi connectivity index (χ0) is 12.5. The van der Waals surface area contributed by atoms with Gasteiger partial charge >= 0.3 is 0 Å². The smallest absolute Gasteiger partial charge is 0.227 e. The van der Waals surface area contributed by atoms with Crippen molar-refractivity contribution in [2.75, 3.05) is 10.6 Å². The fourth-order valence-electron chi connectivity index (χ4n) is 2.22. The molecular weight excluding hydrogens is 246 g/mol. The average molecular weight is 259 g/mol. The Hall–Kier alpha value is -1.88. The minimum atomic E-state index is 0.155. The molecule has 0 unspecified atom stereocenters. The molecule has 0 radical (unpaired) electrons. The van der Waals surface area contributed by atoms with E-state index in [1.165, 1.54) is 0 Å². The first-order chi connectivity index (χ1) is 8.74. The van der Waals surface area contributed by atoms with E-state index < -0.39 is 0 Å². The van der Waals surface area contributed by atoms with Crippen LogP contribution in [0.5, 0.6) is 0 Å². The van der Waals surface area contributed by atoms with Crippen molar-refractivity contribution in [2.24, 2.45) is 0 Å². The zero-order valence-electron chi connectivity index (χ0n) is 9.80. The molecule has 0 atom stereocenters. The number of thiazole rings is 1. The summed E-state index contributed by atoms with van der Waals surface area (Å²) >= 11 is 1.57. The maximum Gasteiger partial charge on any atom is 0.227 e. The Morgan fingerprint density at radius 2 is 2.28 bits per heavy atom. The number of benzene rings is 1. The van der Waals surface area contributed by atoms with Crippen molar-refractivity contribution in [3.63, 3.8) is 0 Å². The van der Waals surface area contributed by atoms with E-state index in [2.05, 4.69) is 4.98 Å². The Bertz CT molecular complexity index is 580. The average Bonchev–Trinajstić information content (AvgIpc) is 2.86. The number of aromatic nitrogens is 1. The topological polar surface area (TPSA) is 59.2 Å². The fraction of sp³-hybridized carbons (Fsp3) is 0.231. The molecule has 1 amide bonds. The van der Waals surface area contributed by atoms with Crippen molar-refractivity contribution in [1.82, 2.24) is 4.98 Å². The lowest BCUT2D eigenvalue weighted by atomic mass is 10.0. The van der Waals surface area contributed by atoms with Crippen LogP contribution in [0.4, 0.5) is 11.4 Å². The quantitative estimate of drug-likeness (QED) is 0.841. The Labute approximate surface area is 109 Å². The lowest BCUT2D eigenvalue weighted by Gasteiger charge is -2.28. The maximum atomic E-state index is 12.0. The molecule has 0 saturated carbocycles. The molecule has 92 valence electrons. The summed E-state index contributed by atoms with van der Waals surface area (Å²) in [5.41, 5.74) is 8.64. The van der Waals surface area contributed by atoms with Gasteiger partial charge in [-0.2, -0.15) is 0 Å². The van der Waals surface area contributed by atoms with Crippen LogP contribution in [0.15, 0.2) is 29.8 Å². The van der Waals surface area contributed by atoms with Gasteiger partial charge in [0.1, 0.15) is 5.01 Å². The van der Waals surface area contributed by atoms with Crippen LogP contribution in [0.3, 0.4) is 0 Å². The van der Waals surface area contributed by atoms with Gasteiger partial charge in [-0.3, -0.25) is 4.79 Å². The molecular formula is C13H13N3OS. The molecule has 3 rings (SSSR count). The van der Waals surface area contributed by atoms with Crippen molar-refractivity contribution in [3.05, 3.63) is 40.3 Å². The lowest BCUT2D eigenvalue weighted by molar-refractivity contribution is -0.119. The van der Waals surface area contributed by atoms with Gasteiger partial charge in [0, 0.05) is 29.4 Å². The summed E-state index contributed by atoms with van der Waals surface area (Å²) in [6, 6.07) is 5.72. The van der Waals surface area contributed by atoms with Crippen LogP contribution < -0.4 is 10.6 Å². The van der Waals surface area contributed by atoms with E-state index in [4.69, 9.17) is 5.73 Å². The number of aryl methyl sites for hydroxylation is 1. The molecule has 0 fully saturated rings. The molecule has 2 N–H and O–H groups in total. The Morgan fingerprint density at radius 3 is 3.06 bits per heavy atom. The number of nitrogens with two attached hydrogens (primary N) is 1. The van der Waals surface area contributed by atoms with E-state index in [1.807, 2.05) is 23.6 Å². The molecule has 5 heteroatoms. The van der Waals surface area contributed by atoms with Crippen LogP contribution in [0.25, 0.3) is 0 Å². The minimum Gasteiger partial charge on any atom is -0.399 e. The molecule has 18 heavy (non-hydrogen) atoms. The molecule has 2 aromatic rings. The first-order valence-corrected chi connectivity index (χ1v) is 6.69. The molecule has 1 aromatic heterocycles. The summed E-state index contributed by atoms with van der Waals surface area (Å²) in [6.07, 6.45) is 3.08. The molecule has 1 aromatic carbocycles. The van der Waals surface area contributed by atoms with Crippen LogP contribution >= 0.6 is 11.3 Å². The largest absolute Gasteiger partial charge is 0.399 e. The van der Waals surface area contributed by atoms with E-state index in [1.54, 1.807) is 22.4 Å². The van der Waals surface area contributed by atoms with Gasteiger partial charge in [-0.25, -0.2) is 4.98 Å². The van der Waals surface area contributed by atoms with E-state index in [0.717, 1.165) is 28.4 Å². The lowest BCUT2D eigenvalue weighted by Crippen LogP contribution is -2.34. The second-order valence-electron chi connectivity index (χ2n) is 4.29. The minimum absolute atomic E-state index is 0.155. The Balaban J connectivity index is 1.96. The third kappa shape index (κ3) is 1.97. The number of carbonyl (C=O) groups is 1. The molecule has 0 aliphatic carbocycles. The molecule has 2 heterocycles. The number of hydrogen-bond donors (Lipinski definition) is 1. The first-order valence-electron chi connectivity index (χ1n) is 5.81. The van der Waals surface area contributed by atoms with Crippen LogP contribution in [0.2, 0.25) is 0 Å². The second-order valence-corrected chi connectivity index (χ2v) is 5.27. The van der Waals surface area contributed by atoms with Crippen molar-refractivity contribution < 1.29 is 4.79 Å². The normalized spacial score (nSPS) is 14.7. The van der Waals surface area contributed by atoms with Gasteiger partial charge in [0.05, 0.1) is 6.54 Å². The van der Waals surface area contributed by atoms with Gasteiger partial charge in [0.25, 0.3) is 0 Å². The summed E-state index contributed by atoms with van der Waals surface area (Å²) in [5, 5.41) is 2.88. The van der Waals surface area contributed by atoms with Gasteiger partial charge in [-0.15, -0.1) is 11.3 Å². The Morgan fingerprint density at radius 1 is 1.39 bits per heavy atom. The maximum absolute atomic E-state index is 12.0. The SMILES string of the molecule is Nc1ccc2c(c1)CCC(=O)N2Cc1nccs1. The van der Waals surface area contributed by atoms with E-state index in [9.17, 15) is 4.79 Å². The number of carbonyl (C=O) groups excluding carboxylic acids is 1. The molecule has 0 spiro atoms. The standard InChI is InChI=1S/C13H13N3OS/c14-10-2-3-11-9(7-10)1-4-13(17)16(11)8-12-15-5-6-18-12/h2-3,5-7H,1,4,8,14H2. The summed E-state index contributed by atoms with van der Waals surface area (Å²) in [6.45, 7) is 0.549. The number of anilines is 2. The highest BCUT2D eigenvalue weighted by Gasteiger charge is 2.24. The van der Waals surface area contributed by atoms with Crippen molar-refractivity contribution >= 4 is 28.6 Å². The number of hydrogen-bond acceptors (Lipinski definition) is 4. The third-order valence-electron chi connectivity index (χ3n) is 3.08. The first kappa shape index (κ1) is 11.2. The van der Waals surface area contributed by atoms with Gasteiger partial charge in [-0.1, -0.05) is 0 Å². The van der Waals surface area contributed by atoms with Crippen LogP contribution in [0, 0.1) is 0 Å². The fourth-order valence-corrected chi connectivity index (χ4v) is 2.82. The number of amides is 1. The monoisotopic (exact) mass is 259 g/mol. The molecule has 4 nitrogen and oxygen atoms in total. The molecule has 1 aliphatic heterocycles. The van der Waals surface area contributed by atoms with Gasteiger partial charge in [0.15, 0.2) is 0 Å². The van der Waals surface area contributed by atoms with Crippen molar-refractivity contribution in [1.29, 1.82) is 0 Å². The van der Waals surface area contributed by atoms with Crippen molar-refractivity contribution in [2.45, 2.75) is 19.4 Å². The van der Waals surface area contributed by atoms with Crippen LogP contribution in [-0.4, -0.2) is 10.9 Å². The number of rotatable bonds is 2. The highest BCUT2D eigenvalue weighted by atomic mass is 32.1. The van der Waals surface area contributed by atoms with E-state index >= 15 is 0 Å². The van der Waals surface area contributed by atoms with E-state index in [-0.39, 0.29) is 5.91 Å². The number of nitrogen functional groups attached to an aromatic ring is 1. The predicted molar refractivity (Wildman–Crippen MR) is 72.5 cm³/mol. The van der Waals surface area contributed by atoms with Crippen molar-refractivity contribution in [3.8, 4) is 0 Å². The molecule has 1 aliphatic rings. The van der Waals surface area contributed by atoms with Gasteiger partial charge < -0.3 is 10.6 Å². The highest BCUT2D eigenvalue weighted by molar-refractivity contribution is 7.09. The van der Waals surface area contributed by atoms with Gasteiger partial charge in [0.2, 0.25) is 5.91 Å². The van der Waals surface area contributed by atoms with E-state index in [0.29, 0.717) is 13.0 Å². The molecule has 0 bridgehead atoms.